The number of fused-ring (bicyclic) bond motifs is 1. The lowest BCUT2D eigenvalue weighted by Crippen LogP contribution is -2.51. The summed E-state index contributed by atoms with van der Waals surface area (Å²) in [6, 6.07) is 7.62. The number of anilines is 1. The maximum absolute atomic E-state index is 13.7. The van der Waals surface area contributed by atoms with Gasteiger partial charge in [0.25, 0.3) is 0 Å². The highest BCUT2D eigenvalue weighted by molar-refractivity contribution is 6.30. The van der Waals surface area contributed by atoms with E-state index in [-0.39, 0.29) is 17.9 Å². The van der Waals surface area contributed by atoms with Crippen molar-refractivity contribution >= 4 is 23.3 Å². The van der Waals surface area contributed by atoms with Crippen molar-refractivity contribution in [3.63, 3.8) is 0 Å². The van der Waals surface area contributed by atoms with Crippen LogP contribution in [0.25, 0.3) is 0 Å². The van der Waals surface area contributed by atoms with Crippen molar-refractivity contribution in [1.29, 1.82) is 0 Å². The highest BCUT2D eigenvalue weighted by Gasteiger charge is 2.34. The molecule has 2 saturated heterocycles. The van der Waals surface area contributed by atoms with Gasteiger partial charge in [-0.05, 0) is 42.9 Å². The van der Waals surface area contributed by atoms with Gasteiger partial charge in [0, 0.05) is 62.1 Å². The van der Waals surface area contributed by atoms with E-state index in [1.54, 1.807) is 6.33 Å². The van der Waals surface area contributed by atoms with Crippen molar-refractivity contribution in [3.8, 4) is 0 Å². The average Bonchev–Trinajstić information content (AvgIpc) is 3.43. The lowest BCUT2D eigenvalue weighted by atomic mass is 9.96. The first-order chi connectivity index (χ1) is 16.0. The third-order valence-corrected chi connectivity index (χ3v) is 7.65. The highest BCUT2D eigenvalue weighted by Crippen LogP contribution is 2.37. The van der Waals surface area contributed by atoms with Gasteiger partial charge >= 0.3 is 0 Å². The molecular weight excluding hydrogens is 438 g/mol. The molecule has 7 nitrogen and oxygen atoms in total. The molecule has 1 N–H and O–H groups in total. The molecule has 5 rings (SSSR count). The first-order valence-corrected chi connectivity index (χ1v) is 12.4. The molecule has 176 valence electrons. The van der Waals surface area contributed by atoms with E-state index >= 15 is 0 Å². The van der Waals surface area contributed by atoms with Crippen molar-refractivity contribution in [2.45, 2.75) is 44.1 Å². The molecule has 1 amide bonds. The largest absolute Gasteiger partial charge is 0.392 e. The number of aliphatic hydroxyl groups excluding tert-OH is 1. The molecule has 0 spiro atoms. The summed E-state index contributed by atoms with van der Waals surface area (Å²) in [5.74, 6) is 1.43. The Morgan fingerprint density at radius 2 is 1.88 bits per heavy atom. The van der Waals surface area contributed by atoms with Gasteiger partial charge in [0.05, 0.1) is 12.0 Å². The number of aryl methyl sites for hydroxylation is 1. The van der Waals surface area contributed by atoms with Gasteiger partial charge in [0.1, 0.15) is 12.1 Å². The van der Waals surface area contributed by atoms with Crippen molar-refractivity contribution in [2.24, 2.45) is 0 Å². The van der Waals surface area contributed by atoms with E-state index in [9.17, 15) is 9.90 Å². The van der Waals surface area contributed by atoms with Crippen LogP contribution in [-0.4, -0.2) is 82.7 Å². The second-order valence-electron chi connectivity index (χ2n) is 9.62. The third-order valence-electron chi connectivity index (χ3n) is 7.40. The molecule has 3 aliphatic rings. The molecule has 3 atom stereocenters. The average molecular weight is 470 g/mol. The van der Waals surface area contributed by atoms with Gasteiger partial charge in [-0.25, -0.2) is 9.97 Å². The minimum atomic E-state index is -0.300. The quantitative estimate of drug-likeness (QED) is 0.725. The molecule has 0 radical (unpaired) electrons. The van der Waals surface area contributed by atoms with Crippen molar-refractivity contribution < 1.29 is 9.90 Å². The summed E-state index contributed by atoms with van der Waals surface area (Å²) in [5.41, 5.74) is 3.46. The number of β-amino-alcohol motifs (C(OH)–C–C–N with tert-alkyl or cyclic N) is 1. The van der Waals surface area contributed by atoms with Crippen LogP contribution in [-0.2, 0) is 11.2 Å². The van der Waals surface area contributed by atoms with Gasteiger partial charge in [-0.3, -0.25) is 9.69 Å². The van der Waals surface area contributed by atoms with Gasteiger partial charge in [-0.2, -0.15) is 0 Å². The van der Waals surface area contributed by atoms with Gasteiger partial charge in [-0.1, -0.05) is 30.7 Å². The van der Waals surface area contributed by atoms with Crippen molar-refractivity contribution in [1.82, 2.24) is 19.8 Å². The van der Waals surface area contributed by atoms with E-state index in [0.29, 0.717) is 37.1 Å². The smallest absolute Gasteiger partial charge is 0.231 e. The zero-order chi connectivity index (χ0) is 22.9. The van der Waals surface area contributed by atoms with E-state index in [4.69, 9.17) is 11.6 Å². The van der Waals surface area contributed by atoms with E-state index in [1.165, 1.54) is 11.3 Å². The standard InChI is InChI=1S/C25H32ClN5O2/c1-17-2-7-22-23(17)24(28-16-27-22)30-10-12-31(13-11-30)25(33)21(15-29-9-8-20(32)14-29)18-3-5-19(26)6-4-18/h3-6,16-17,20-21,32H,2,7-15H2,1H3/t17-,20-,21-/m1/s1. The van der Waals surface area contributed by atoms with E-state index in [0.717, 1.165) is 50.3 Å². The topological polar surface area (TPSA) is 72.8 Å². The van der Waals surface area contributed by atoms with E-state index < -0.39 is 0 Å². The van der Waals surface area contributed by atoms with Crippen LogP contribution in [0.1, 0.15) is 48.4 Å². The Morgan fingerprint density at radius 1 is 1.12 bits per heavy atom. The predicted octanol–water partition coefficient (Wildman–Crippen LogP) is 2.68. The first kappa shape index (κ1) is 22.6. The fourth-order valence-corrected chi connectivity index (χ4v) is 5.62. The number of aromatic nitrogens is 2. The molecule has 33 heavy (non-hydrogen) atoms. The lowest BCUT2D eigenvalue weighted by Gasteiger charge is -2.38. The lowest BCUT2D eigenvalue weighted by molar-refractivity contribution is -0.133. The van der Waals surface area contributed by atoms with Crippen molar-refractivity contribution in [3.05, 3.63) is 52.4 Å². The number of amides is 1. The summed E-state index contributed by atoms with van der Waals surface area (Å²) >= 11 is 6.10. The molecule has 2 aliphatic heterocycles. The summed E-state index contributed by atoms with van der Waals surface area (Å²) in [6.45, 7) is 7.23. The molecular formula is C25H32ClN5O2. The molecule has 2 aromatic rings. The van der Waals surface area contributed by atoms with Crippen LogP contribution >= 0.6 is 11.6 Å². The first-order valence-electron chi connectivity index (χ1n) is 12.0. The molecule has 1 aromatic carbocycles. The number of nitrogens with zero attached hydrogens (tertiary/aromatic N) is 5. The number of halogens is 1. The molecule has 0 bridgehead atoms. The number of hydrogen-bond donors (Lipinski definition) is 1. The summed E-state index contributed by atoms with van der Waals surface area (Å²) in [6.07, 6.45) is 4.31. The van der Waals surface area contributed by atoms with Gasteiger partial charge < -0.3 is 14.9 Å². The highest BCUT2D eigenvalue weighted by atomic mass is 35.5. The number of hydrogen-bond acceptors (Lipinski definition) is 6. The Hall–Kier alpha value is -2.22. The molecule has 3 heterocycles. The Balaban J connectivity index is 1.30. The number of carbonyl (C=O) groups excluding carboxylic acids is 1. The zero-order valence-corrected chi connectivity index (χ0v) is 19.9. The summed E-state index contributed by atoms with van der Waals surface area (Å²) in [7, 11) is 0. The number of aliphatic hydroxyl groups is 1. The van der Waals surface area contributed by atoms with Gasteiger partial charge in [0.2, 0.25) is 5.91 Å². The number of piperazine rings is 1. The van der Waals surface area contributed by atoms with Crippen LogP contribution in [0.4, 0.5) is 5.82 Å². The molecule has 2 fully saturated rings. The van der Waals surface area contributed by atoms with Crippen LogP contribution in [0.3, 0.4) is 0 Å². The summed E-state index contributed by atoms with van der Waals surface area (Å²) < 4.78 is 0. The van der Waals surface area contributed by atoms with E-state index in [1.807, 2.05) is 29.2 Å². The minimum absolute atomic E-state index is 0.152. The summed E-state index contributed by atoms with van der Waals surface area (Å²) in [5, 5.41) is 10.6. The fraction of sp³-hybridized carbons (Fsp3) is 0.560. The Labute approximate surface area is 200 Å². The van der Waals surface area contributed by atoms with Crippen LogP contribution in [0.2, 0.25) is 5.02 Å². The number of rotatable bonds is 5. The Kier molecular flexibility index (Phi) is 6.54. The molecule has 1 aliphatic carbocycles. The van der Waals surface area contributed by atoms with Gasteiger partial charge in [-0.15, -0.1) is 0 Å². The summed E-state index contributed by atoms with van der Waals surface area (Å²) in [4.78, 5) is 29.3. The SMILES string of the molecule is C[C@@H]1CCc2ncnc(N3CCN(C(=O)[C@H](CN4CC[C@@H](O)C4)c4ccc(Cl)cc4)CC3)c21. The Bertz CT molecular complexity index is 993. The van der Waals surface area contributed by atoms with Crippen LogP contribution < -0.4 is 4.90 Å². The fourth-order valence-electron chi connectivity index (χ4n) is 5.49. The monoisotopic (exact) mass is 469 g/mol. The maximum Gasteiger partial charge on any atom is 0.231 e. The number of benzene rings is 1. The maximum atomic E-state index is 13.7. The van der Waals surface area contributed by atoms with Gasteiger partial charge in [0.15, 0.2) is 0 Å². The third kappa shape index (κ3) is 4.72. The van der Waals surface area contributed by atoms with Crippen LogP contribution in [0.5, 0.6) is 0 Å². The molecule has 0 unspecified atom stereocenters. The Morgan fingerprint density at radius 3 is 2.58 bits per heavy atom. The van der Waals surface area contributed by atoms with Crippen molar-refractivity contribution in [2.75, 3.05) is 50.7 Å². The predicted molar refractivity (Wildman–Crippen MR) is 129 cm³/mol. The van der Waals surface area contributed by atoms with Crippen LogP contribution in [0.15, 0.2) is 30.6 Å². The normalized spacial score (nSPS) is 24.2. The minimum Gasteiger partial charge on any atom is -0.392 e. The molecule has 0 saturated carbocycles. The van der Waals surface area contributed by atoms with E-state index in [2.05, 4.69) is 26.7 Å². The second kappa shape index (κ2) is 9.57. The molecule has 1 aromatic heterocycles. The number of carbonyl (C=O) groups is 1. The van der Waals surface area contributed by atoms with Crippen LogP contribution in [0, 0.1) is 0 Å². The molecule has 8 heteroatoms. The second-order valence-corrected chi connectivity index (χ2v) is 10.1. The number of likely N-dealkylation sites (tertiary alicyclic amines) is 1. The zero-order valence-electron chi connectivity index (χ0n) is 19.2.